The molecule has 1 aliphatic carbocycles. The topological polar surface area (TPSA) is 18.5 Å². The average Bonchev–Trinajstić information content (AvgIpc) is 2.75. The summed E-state index contributed by atoms with van der Waals surface area (Å²) in [5.41, 5.74) is -0.239. The second-order valence-electron chi connectivity index (χ2n) is 6.55. The molecule has 1 aliphatic heterocycles. The van der Waals surface area contributed by atoms with E-state index >= 15 is 0 Å². The van der Waals surface area contributed by atoms with Gasteiger partial charge in [-0.1, -0.05) is 39.0 Å². The van der Waals surface area contributed by atoms with Crippen molar-refractivity contribution in [2.75, 3.05) is 0 Å². The Balaban J connectivity index is 2.01. The molecule has 1 atom stereocenters. The predicted molar refractivity (Wildman–Crippen MR) is 72.1 cm³/mol. The van der Waals surface area contributed by atoms with Gasteiger partial charge in [-0.05, 0) is 39.4 Å². The van der Waals surface area contributed by atoms with E-state index in [1.54, 1.807) is 0 Å². The fraction of sp³-hybridized carbons (Fsp3) is 1.00. The van der Waals surface area contributed by atoms with Crippen LogP contribution in [-0.2, 0) is 9.31 Å². The van der Waals surface area contributed by atoms with Crippen LogP contribution < -0.4 is 0 Å². The van der Waals surface area contributed by atoms with E-state index in [1.807, 2.05) is 0 Å². The van der Waals surface area contributed by atoms with Crippen LogP contribution in [0.3, 0.4) is 0 Å². The lowest BCUT2D eigenvalue weighted by Gasteiger charge is -2.38. The van der Waals surface area contributed by atoms with E-state index in [1.165, 1.54) is 32.1 Å². The van der Waals surface area contributed by atoms with Gasteiger partial charge >= 0.3 is 7.12 Å². The van der Waals surface area contributed by atoms with Gasteiger partial charge in [-0.3, -0.25) is 0 Å². The molecule has 2 aliphatic rings. The molecule has 2 nitrogen and oxygen atoms in total. The molecule has 98 valence electrons. The molecule has 0 spiro atoms. The molecule has 0 radical (unpaired) electrons. The Morgan fingerprint density at radius 3 is 2.35 bits per heavy atom. The van der Waals surface area contributed by atoms with Crippen molar-refractivity contribution in [2.45, 2.75) is 83.7 Å². The van der Waals surface area contributed by atoms with Crippen molar-refractivity contribution in [2.24, 2.45) is 5.92 Å². The van der Waals surface area contributed by atoms with Crippen molar-refractivity contribution >= 4 is 7.12 Å². The lowest BCUT2D eigenvalue weighted by atomic mass is 9.79. The second kappa shape index (κ2) is 4.93. The average molecular weight is 238 g/mol. The molecule has 0 N–H and O–H groups in total. The second-order valence-corrected chi connectivity index (χ2v) is 6.55. The Labute approximate surface area is 107 Å². The van der Waals surface area contributed by atoms with Crippen LogP contribution in [0.4, 0.5) is 0 Å². The predicted octanol–water partition coefficient (Wildman–Crippen LogP) is 4.05. The van der Waals surface area contributed by atoms with Crippen LogP contribution in [0.1, 0.15) is 66.2 Å². The third-order valence-corrected chi connectivity index (χ3v) is 4.77. The van der Waals surface area contributed by atoms with Gasteiger partial charge in [0.2, 0.25) is 0 Å². The van der Waals surface area contributed by atoms with E-state index < -0.39 is 0 Å². The van der Waals surface area contributed by atoms with Crippen LogP contribution in [0.25, 0.3) is 0 Å². The standard InChI is InChI=1S/C14H27BO2/c1-5-10-15-16-13(2,3)14(4,17-15)11-12-8-6-7-9-12/h12H,5-11H2,1-4H3. The maximum absolute atomic E-state index is 6.24. The Morgan fingerprint density at radius 2 is 1.76 bits per heavy atom. The number of rotatable bonds is 4. The first-order chi connectivity index (χ1) is 7.97. The van der Waals surface area contributed by atoms with Crippen LogP contribution in [-0.4, -0.2) is 18.3 Å². The van der Waals surface area contributed by atoms with Crippen LogP contribution in [0.2, 0.25) is 6.32 Å². The molecule has 1 unspecified atom stereocenters. The first kappa shape index (κ1) is 13.4. The van der Waals surface area contributed by atoms with E-state index in [0.717, 1.165) is 18.7 Å². The molecule has 17 heavy (non-hydrogen) atoms. The van der Waals surface area contributed by atoms with Crippen molar-refractivity contribution in [1.29, 1.82) is 0 Å². The highest BCUT2D eigenvalue weighted by atomic mass is 16.7. The largest absolute Gasteiger partial charge is 0.457 e. The summed E-state index contributed by atoms with van der Waals surface area (Å²) in [6, 6.07) is 0. The molecule has 1 saturated carbocycles. The van der Waals surface area contributed by atoms with Crippen molar-refractivity contribution < 1.29 is 9.31 Å². The molecule has 2 fully saturated rings. The quantitative estimate of drug-likeness (QED) is 0.688. The van der Waals surface area contributed by atoms with Crippen molar-refractivity contribution in [3.05, 3.63) is 0 Å². The summed E-state index contributed by atoms with van der Waals surface area (Å²) in [6.07, 6.45) is 8.88. The zero-order chi connectivity index (χ0) is 12.5. The van der Waals surface area contributed by atoms with Gasteiger partial charge in [0.15, 0.2) is 0 Å². The molecule has 1 heterocycles. The fourth-order valence-electron chi connectivity index (χ4n) is 3.32. The molecule has 0 bridgehead atoms. The van der Waals surface area contributed by atoms with Gasteiger partial charge in [0.25, 0.3) is 0 Å². The van der Waals surface area contributed by atoms with E-state index in [9.17, 15) is 0 Å². The highest BCUT2D eigenvalue weighted by Crippen LogP contribution is 2.45. The first-order valence-electron chi connectivity index (χ1n) is 7.32. The van der Waals surface area contributed by atoms with Gasteiger partial charge in [-0.2, -0.15) is 0 Å². The van der Waals surface area contributed by atoms with Gasteiger partial charge in [0.05, 0.1) is 11.2 Å². The molecular weight excluding hydrogens is 211 g/mol. The molecule has 0 aromatic rings. The summed E-state index contributed by atoms with van der Waals surface area (Å²) in [5.74, 6) is 0.850. The van der Waals surface area contributed by atoms with Crippen molar-refractivity contribution in [3.63, 3.8) is 0 Å². The van der Waals surface area contributed by atoms with Gasteiger partial charge in [0, 0.05) is 0 Å². The summed E-state index contributed by atoms with van der Waals surface area (Å²) >= 11 is 0. The van der Waals surface area contributed by atoms with Crippen LogP contribution in [0.5, 0.6) is 0 Å². The number of hydrogen-bond donors (Lipinski definition) is 0. The normalized spacial score (nSPS) is 33.5. The Hall–Kier alpha value is -0.0151. The Morgan fingerprint density at radius 1 is 1.12 bits per heavy atom. The highest BCUT2D eigenvalue weighted by Gasteiger charge is 2.53. The maximum atomic E-state index is 6.24. The minimum atomic E-state index is -0.143. The summed E-state index contributed by atoms with van der Waals surface area (Å²) in [4.78, 5) is 0. The molecule has 1 saturated heterocycles. The van der Waals surface area contributed by atoms with E-state index in [4.69, 9.17) is 9.31 Å². The van der Waals surface area contributed by atoms with Gasteiger partial charge in [-0.15, -0.1) is 0 Å². The Kier molecular flexibility index (Phi) is 3.89. The first-order valence-corrected chi connectivity index (χ1v) is 7.32. The summed E-state index contributed by atoms with van der Waals surface area (Å²) in [7, 11) is 0.0152. The summed E-state index contributed by atoms with van der Waals surface area (Å²) in [6.45, 7) is 8.82. The van der Waals surface area contributed by atoms with Crippen LogP contribution in [0, 0.1) is 5.92 Å². The summed E-state index contributed by atoms with van der Waals surface area (Å²) in [5, 5.41) is 0. The Bertz CT molecular complexity index is 261. The molecular formula is C14H27BO2. The van der Waals surface area contributed by atoms with Gasteiger partial charge < -0.3 is 9.31 Å². The van der Waals surface area contributed by atoms with E-state index in [2.05, 4.69) is 27.7 Å². The van der Waals surface area contributed by atoms with Crippen molar-refractivity contribution in [1.82, 2.24) is 0 Å². The zero-order valence-corrected chi connectivity index (χ0v) is 11.9. The fourth-order valence-corrected chi connectivity index (χ4v) is 3.32. The molecule has 0 aromatic heterocycles. The minimum Gasteiger partial charge on any atom is -0.403 e. The lowest BCUT2D eigenvalue weighted by Crippen LogP contribution is -2.46. The minimum absolute atomic E-state index is 0.0152. The van der Waals surface area contributed by atoms with E-state index in [0.29, 0.717) is 0 Å². The zero-order valence-electron chi connectivity index (χ0n) is 11.9. The third-order valence-electron chi connectivity index (χ3n) is 4.77. The van der Waals surface area contributed by atoms with Crippen LogP contribution >= 0.6 is 0 Å². The van der Waals surface area contributed by atoms with Gasteiger partial charge in [-0.25, -0.2) is 0 Å². The maximum Gasteiger partial charge on any atom is 0.457 e. The molecule has 3 heteroatoms. The number of hydrogen-bond acceptors (Lipinski definition) is 2. The third kappa shape index (κ3) is 2.71. The molecule has 0 aromatic carbocycles. The van der Waals surface area contributed by atoms with Crippen LogP contribution in [0.15, 0.2) is 0 Å². The summed E-state index contributed by atoms with van der Waals surface area (Å²) < 4.78 is 12.3. The monoisotopic (exact) mass is 238 g/mol. The molecule has 0 amide bonds. The molecule has 2 rings (SSSR count). The highest BCUT2D eigenvalue weighted by molar-refractivity contribution is 6.45. The van der Waals surface area contributed by atoms with Crippen molar-refractivity contribution in [3.8, 4) is 0 Å². The van der Waals surface area contributed by atoms with Gasteiger partial charge in [0.1, 0.15) is 0 Å². The van der Waals surface area contributed by atoms with E-state index in [-0.39, 0.29) is 18.3 Å². The lowest BCUT2D eigenvalue weighted by molar-refractivity contribution is -0.0264. The SMILES string of the molecule is CCCB1OC(C)(C)C(C)(CC2CCCC2)O1. The smallest absolute Gasteiger partial charge is 0.403 e.